The van der Waals surface area contributed by atoms with E-state index in [-0.39, 0.29) is 5.41 Å². The maximum Gasteiger partial charge on any atom is 0.154 e. The van der Waals surface area contributed by atoms with Crippen molar-refractivity contribution in [1.29, 1.82) is 0 Å². The van der Waals surface area contributed by atoms with Crippen LogP contribution in [0.5, 0.6) is 0 Å². The molecule has 0 spiro atoms. The van der Waals surface area contributed by atoms with E-state index in [9.17, 15) is 0 Å². The van der Waals surface area contributed by atoms with Gasteiger partial charge in [0.1, 0.15) is 0 Å². The monoisotopic (exact) mass is 295 g/mol. The van der Waals surface area contributed by atoms with Crippen molar-refractivity contribution in [1.82, 2.24) is 15.3 Å². The van der Waals surface area contributed by atoms with E-state index < -0.39 is 0 Å². The molecule has 0 amide bonds. The summed E-state index contributed by atoms with van der Waals surface area (Å²) in [5.74, 6) is 0.851. The van der Waals surface area contributed by atoms with Crippen molar-refractivity contribution in [2.75, 3.05) is 6.54 Å². The standard InChI is InChI=1S/C13H18BrN3/c1-13(2,3)11-6-9(4-5-15-11)12-16-7-10(14)8-17-12/h4,7-8,11,15H,5-6H2,1-3H3. The Morgan fingerprint density at radius 1 is 1.29 bits per heavy atom. The molecule has 0 fully saturated rings. The van der Waals surface area contributed by atoms with Crippen LogP contribution in [0.15, 0.2) is 22.9 Å². The highest BCUT2D eigenvalue weighted by Crippen LogP contribution is 2.29. The van der Waals surface area contributed by atoms with Gasteiger partial charge in [0.2, 0.25) is 0 Å². The summed E-state index contributed by atoms with van der Waals surface area (Å²) >= 11 is 3.36. The van der Waals surface area contributed by atoms with Gasteiger partial charge in [0.15, 0.2) is 5.82 Å². The summed E-state index contributed by atoms with van der Waals surface area (Å²) in [6.07, 6.45) is 6.78. The zero-order chi connectivity index (χ0) is 12.5. The summed E-state index contributed by atoms with van der Waals surface area (Å²) in [7, 11) is 0. The summed E-state index contributed by atoms with van der Waals surface area (Å²) in [5.41, 5.74) is 1.51. The Labute approximate surface area is 111 Å². The van der Waals surface area contributed by atoms with E-state index in [1.807, 2.05) is 0 Å². The van der Waals surface area contributed by atoms with Gasteiger partial charge >= 0.3 is 0 Å². The van der Waals surface area contributed by atoms with Gasteiger partial charge in [0.25, 0.3) is 0 Å². The van der Waals surface area contributed by atoms with E-state index in [0.717, 1.165) is 23.3 Å². The molecule has 2 rings (SSSR count). The number of nitrogens with one attached hydrogen (secondary N) is 1. The molecule has 0 aliphatic carbocycles. The maximum atomic E-state index is 4.36. The smallest absolute Gasteiger partial charge is 0.154 e. The molecule has 2 heterocycles. The maximum absolute atomic E-state index is 4.36. The molecule has 1 aromatic rings. The number of aromatic nitrogens is 2. The van der Waals surface area contributed by atoms with Gasteiger partial charge in [-0.05, 0) is 33.3 Å². The first-order valence-electron chi connectivity index (χ1n) is 5.87. The highest BCUT2D eigenvalue weighted by atomic mass is 79.9. The summed E-state index contributed by atoms with van der Waals surface area (Å²) < 4.78 is 0.920. The van der Waals surface area contributed by atoms with E-state index in [1.54, 1.807) is 12.4 Å². The molecule has 4 heteroatoms. The van der Waals surface area contributed by atoms with Crippen molar-refractivity contribution in [2.45, 2.75) is 33.2 Å². The third kappa shape index (κ3) is 3.13. The quantitative estimate of drug-likeness (QED) is 0.865. The molecule has 3 nitrogen and oxygen atoms in total. The predicted molar refractivity (Wildman–Crippen MR) is 73.6 cm³/mol. The van der Waals surface area contributed by atoms with Crippen molar-refractivity contribution in [3.63, 3.8) is 0 Å². The first-order valence-corrected chi connectivity index (χ1v) is 6.66. The van der Waals surface area contributed by atoms with E-state index in [0.29, 0.717) is 6.04 Å². The second-order valence-corrected chi connectivity index (χ2v) is 6.40. The Balaban J connectivity index is 2.17. The summed E-state index contributed by atoms with van der Waals surface area (Å²) in [4.78, 5) is 8.73. The van der Waals surface area contributed by atoms with Gasteiger partial charge in [-0.25, -0.2) is 9.97 Å². The van der Waals surface area contributed by atoms with Crippen LogP contribution in [-0.2, 0) is 0 Å². The van der Waals surface area contributed by atoms with Crippen LogP contribution in [-0.4, -0.2) is 22.6 Å². The van der Waals surface area contributed by atoms with Crippen LogP contribution in [0.3, 0.4) is 0 Å². The van der Waals surface area contributed by atoms with Crippen LogP contribution in [0.4, 0.5) is 0 Å². The molecule has 17 heavy (non-hydrogen) atoms. The molecular formula is C13H18BrN3. The van der Waals surface area contributed by atoms with Gasteiger partial charge < -0.3 is 5.32 Å². The molecule has 1 aliphatic rings. The summed E-state index contributed by atoms with van der Waals surface area (Å²) in [6.45, 7) is 7.68. The third-order valence-corrected chi connectivity index (χ3v) is 3.50. The minimum absolute atomic E-state index is 0.259. The summed E-state index contributed by atoms with van der Waals surface area (Å²) in [5, 5.41) is 3.53. The lowest BCUT2D eigenvalue weighted by Crippen LogP contribution is -2.42. The van der Waals surface area contributed by atoms with Crippen molar-refractivity contribution in [3.8, 4) is 0 Å². The van der Waals surface area contributed by atoms with Crippen molar-refractivity contribution < 1.29 is 0 Å². The number of hydrogen-bond donors (Lipinski definition) is 1. The number of nitrogens with zero attached hydrogens (tertiary/aromatic N) is 2. The molecule has 1 unspecified atom stereocenters. The van der Waals surface area contributed by atoms with Crippen LogP contribution >= 0.6 is 15.9 Å². The average Bonchev–Trinajstić information content (AvgIpc) is 2.29. The van der Waals surface area contributed by atoms with E-state index in [4.69, 9.17) is 0 Å². The second-order valence-electron chi connectivity index (χ2n) is 5.49. The minimum Gasteiger partial charge on any atom is -0.310 e. The lowest BCUT2D eigenvalue weighted by Gasteiger charge is -2.34. The predicted octanol–water partition coefficient (Wildman–Crippen LogP) is 3.03. The Hall–Kier alpha value is -0.740. The first kappa shape index (κ1) is 12.7. The van der Waals surface area contributed by atoms with Gasteiger partial charge in [-0.15, -0.1) is 0 Å². The van der Waals surface area contributed by atoms with Gasteiger partial charge in [0.05, 0.1) is 4.47 Å². The Morgan fingerprint density at radius 3 is 2.53 bits per heavy atom. The lowest BCUT2D eigenvalue weighted by atomic mass is 9.81. The normalized spacial score (nSPS) is 21.2. The second kappa shape index (κ2) is 4.86. The Bertz CT molecular complexity index is 417. The molecule has 0 saturated carbocycles. The highest BCUT2D eigenvalue weighted by Gasteiger charge is 2.27. The summed E-state index contributed by atoms with van der Waals surface area (Å²) in [6, 6.07) is 0.481. The van der Waals surface area contributed by atoms with Crippen molar-refractivity contribution >= 4 is 21.5 Å². The largest absolute Gasteiger partial charge is 0.310 e. The zero-order valence-electron chi connectivity index (χ0n) is 10.5. The van der Waals surface area contributed by atoms with Crippen LogP contribution in [0.2, 0.25) is 0 Å². The average molecular weight is 296 g/mol. The fraction of sp³-hybridized carbons (Fsp3) is 0.538. The van der Waals surface area contributed by atoms with Gasteiger partial charge in [0, 0.05) is 25.0 Å². The number of halogens is 1. The van der Waals surface area contributed by atoms with Crippen LogP contribution in [0.25, 0.3) is 5.57 Å². The molecule has 1 N–H and O–H groups in total. The molecular weight excluding hydrogens is 278 g/mol. The first-order chi connectivity index (χ1) is 7.97. The molecule has 1 aliphatic heterocycles. The fourth-order valence-corrected chi connectivity index (χ4v) is 2.18. The fourth-order valence-electron chi connectivity index (χ4n) is 1.97. The van der Waals surface area contributed by atoms with E-state index in [1.165, 1.54) is 5.57 Å². The lowest BCUT2D eigenvalue weighted by molar-refractivity contribution is 0.274. The molecule has 0 bridgehead atoms. The molecule has 0 radical (unpaired) electrons. The van der Waals surface area contributed by atoms with E-state index in [2.05, 4.69) is 58.1 Å². The minimum atomic E-state index is 0.259. The molecule has 0 saturated heterocycles. The molecule has 1 atom stereocenters. The molecule has 92 valence electrons. The van der Waals surface area contributed by atoms with Gasteiger partial charge in [-0.2, -0.15) is 0 Å². The topological polar surface area (TPSA) is 37.8 Å². The zero-order valence-corrected chi connectivity index (χ0v) is 12.1. The molecule has 1 aromatic heterocycles. The SMILES string of the molecule is CC(C)(C)C1CC(c2ncc(Br)cn2)=CCN1. The number of hydrogen-bond acceptors (Lipinski definition) is 3. The van der Waals surface area contributed by atoms with E-state index >= 15 is 0 Å². The van der Waals surface area contributed by atoms with Crippen LogP contribution in [0, 0.1) is 5.41 Å². The highest BCUT2D eigenvalue weighted by molar-refractivity contribution is 9.10. The third-order valence-electron chi connectivity index (χ3n) is 3.09. The Kier molecular flexibility index (Phi) is 3.64. The van der Waals surface area contributed by atoms with Crippen LogP contribution < -0.4 is 5.32 Å². The van der Waals surface area contributed by atoms with Gasteiger partial charge in [-0.3, -0.25) is 0 Å². The van der Waals surface area contributed by atoms with Crippen LogP contribution in [0.1, 0.15) is 33.0 Å². The molecule has 0 aromatic carbocycles. The van der Waals surface area contributed by atoms with Crippen molar-refractivity contribution in [3.05, 3.63) is 28.8 Å². The van der Waals surface area contributed by atoms with Crippen molar-refractivity contribution in [2.24, 2.45) is 5.41 Å². The number of rotatable bonds is 1. The Morgan fingerprint density at radius 2 is 1.94 bits per heavy atom. The van der Waals surface area contributed by atoms with Gasteiger partial charge in [-0.1, -0.05) is 26.8 Å².